The van der Waals surface area contributed by atoms with Crippen LogP contribution in [-0.2, 0) is 42.8 Å². The molecule has 4 heterocycles. The number of carbonyl (C=O) groups is 2. The number of rotatable bonds is 9. The Hall–Kier alpha value is -4.66. The van der Waals surface area contributed by atoms with E-state index < -0.39 is 57.6 Å². The van der Waals surface area contributed by atoms with Crippen LogP contribution in [0.5, 0.6) is 5.75 Å². The number of hydrogen-bond acceptors (Lipinski definition) is 10. The van der Waals surface area contributed by atoms with Crippen LogP contribution in [0.2, 0.25) is 0 Å². The molecule has 14 heteroatoms. The van der Waals surface area contributed by atoms with Crippen LogP contribution in [0.25, 0.3) is 5.57 Å². The molecule has 1 aromatic heterocycles. The molecule has 4 N–H and O–H groups in total. The predicted molar refractivity (Wildman–Crippen MR) is 198 cm³/mol. The number of nitrogens with zero attached hydrogens (tertiary/aromatic N) is 2. The van der Waals surface area contributed by atoms with Gasteiger partial charge in [0.25, 0.3) is 0 Å². The number of ether oxygens (including phenoxy) is 2. The van der Waals surface area contributed by atoms with Gasteiger partial charge in [-0.2, -0.15) is 0 Å². The molecule has 53 heavy (non-hydrogen) atoms. The Morgan fingerprint density at radius 1 is 1.15 bits per heavy atom. The van der Waals surface area contributed by atoms with Crippen LogP contribution < -0.4 is 19.7 Å². The number of oxazole rings is 1. The number of aliphatic hydroxyl groups excluding tert-OH is 2. The van der Waals surface area contributed by atoms with Gasteiger partial charge in [0.2, 0.25) is 34.0 Å². The second-order valence-electron chi connectivity index (χ2n) is 14.8. The Balaban J connectivity index is 1.72. The number of benzene rings is 2. The first-order valence-electron chi connectivity index (χ1n) is 17.9. The largest absolute Gasteiger partial charge is 0.467 e. The number of hydrogen-bond donors (Lipinski definition) is 4. The van der Waals surface area contributed by atoms with Gasteiger partial charge in [0.1, 0.15) is 46.8 Å². The van der Waals surface area contributed by atoms with Gasteiger partial charge in [0.05, 0.1) is 30.2 Å². The zero-order chi connectivity index (χ0) is 38.6. The topological polar surface area (TPSA) is 181 Å². The average Bonchev–Trinajstić information content (AvgIpc) is 3.79. The Kier molecular flexibility index (Phi) is 10.3. The highest BCUT2D eigenvalue weighted by molar-refractivity contribution is 7.92. The van der Waals surface area contributed by atoms with Crippen LogP contribution >= 0.6 is 0 Å². The quantitative estimate of drug-likeness (QED) is 0.249. The number of aromatic nitrogens is 1. The summed E-state index contributed by atoms with van der Waals surface area (Å²) in [6.07, 6.45) is 0.558. The first-order valence-corrected chi connectivity index (χ1v) is 19.7. The number of anilines is 1. The van der Waals surface area contributed by atoms with Crippen molar-refractivity contribution >= 4 is 33.1 Å². The second-order valence-corrected chi connectivity index (χ2v) is 16.7. The summed E-state index contributed by atoms with van der Waals surface area (Å²) in [4.78, 5) is 31.9. The normalized spacial score (nSPS) is 24.7. The highest BCUT2D eigenvalue weighted by Crippen LogP contribution is 2.62. The maximum atomic E-state index is 14.1. The van der Waals surface area contributed by atoms with Crippen LogP contribution in [0.4, 0.5) is 5.69 Å². The van der Waals surface area contributed by atoms with Crippen molar-refractivity contribution in [3.63, 3.8) is 0 Å². The van der Waals surface area contributed by atoms with Crippen molar-refractivity contribution in [2.45, 2.75) is 90.8 Å². The highest BCUT2D eigenvalue weighted by Gasteiger charge is 2.65. The van der Waals surface area contributed by atoms with Gasteiger partial charge in [-0.1, -0.05) is 78.5 Å². The fourth-order valence-corrected chi connectivity index (χ4v) is 8.52. The summed E-state index contributed by atoms with van der Waals surface area (Å²) in [6, 6.07) is 10.6. The number of aliphatic hydroxyl groups is 2. The predicted octanol–water partition coefficient (Wildman–Crippen LogP) is 4.14. The number of carbonyl (C=O) groups excluding carboxylic acids is 2. The molecule has 6 rings (SSSR count). The minimum absolute atomic E-state index is 0.0306. The van der Waals surface area contributed by atoms with E-state index >= 15 is 0 Å². The Bertz CT molecular complexity index is 2070. The number of nitrogens with one attached hydrogen (secondary N) is 2. The lowest BCUT2D eigenvalue weighted by Crippen LogP contribution is -2.55. The van der Waals surface area contributed by atoms with Gasteiger partial charge in [-0.15, -0.1) is 0 Å². The van der Waals surface area contributed by atoms with Crippen molar-refractivity contribution in [1.29, 1.82) is 0 Å². The third-order valence-electron chi connectivity index (χ3n) is 10.4. The van der Waals surface area contributed by atoms with E-state index in [9.17, 15) is 28.2 Å². The summed E-state index contributed by atoms with van der Waals surface area (Å²) in [5, 5.41) is 26.4. The summed E-state index contributed by atoms with van der Waals surface area (Å²) in [6.45, 7) is 15.1. The van der Waals surface area contributed by atoms with Crippen molar-refractivity contribution in [3.8, 4) is 5.75 Å². The lowest BCUT2D eigenvalue weighted by atomic mass is 9.71. The van der Waals surface area contributed by atoms with Gasteiger partial charge in [-0.25, -0.2) is 17.7 Å². The molecule has 3 aromatic rings. The van der Waals surface area contributed by atoms with Crippen LogP contribution in [0.1, 0.15) is 76.2 Å². The fourth-order valence-electron chi connectivity index (χ4n) is 7.45. The molecule has 1 spiro atoms. The van der Waals surface area contributed by atoms with Gasteiger partial charge in [-0.05, 0) is 41.9 Å². The van der Waals surface area contributed by atoms with E-state index in [0.717, 1.165) is 6.26 Å². The molecule has 2 bridgehead atoms. The zero-order valence-electron chi connectivity index (χ0n) is 31.0. The second kappa shape index (κ2) is 14.3. The average molecular weight is 749 g/mol. The third kappa shape index (κ3) is 6.50. The number of para-hydroxylation sites is 1. The van der Waals surface area contributed by atoms with Crippen molar-refractivity contribution in [2.75, 3.05) is 10.6 Å². The fraction of sp³-hybridized carbons (Fsp3) is 0.462. The molecule has 2 aromatic carbocycles. The van der Waals surface area contributed by atoms with Crippen molar-refractivity contribution in [1.82, 2.24) is 15.6 Å². The van der Waals surface area contributed by atoms with E-state index in [1.165, 1.54) is 10.6 Å². The molecule has 0 saturated heterocycles. The molecule has 6 unspecified atom stereocenters. The first kappa shape index (κ1) is 38.1. The minimum Gasteiger partial charge on any atom is -0.467 e. The summed E-state index contributed by atoms with van der Waals surface area (Å²) in [7, 11) is -3.98. The number of fused-ring (bicyclic) bond motifs is 2. The van der Waals surface area contributed by atoms with E-state index in [1.54, 1.807) is 38.1 Å². The molecule has 0 aliphatic carbocycles. The smallest absolute Gasteiger partial charge is 0.249 e. The Morgan fingerprint density at radius 3 is 2.49 bits per heavy atom. The van der Waals surface area contributed by atoms with Gasteiger partial charge in [-0.3, -0.25) is 9.59 Å². The monoisotopic (exact) mass is 748 g/mol. The van der Waals surface area contributed by atoms with Gasteiger partial charge < -0.3 is 34.7 Å². The van der Waals surface area contributed by atoms with Crippen LogP contribution in [0, 0.1) is 17.8 Å². The molecular weight excluding hydrogens is 701 g/mol. The van der Waals surface area contributed by atoms with E-state index in [4.69, 9.17) is 13.9 Å². The zero-order valence-corrected chi connectivity index (χ0v) is 31.9. The molecular formula is C39H48N4O9S. The van der Waals surface area contributed by atoms with E-state index in [2.05, 4.69) is 22.2 Å². The standard InChI is InChI=1S/C39H48N4O9S/c1-9-22(6)31(37-40-25(18-44)19-50-37)34-39-26-12-10-11-13-29(26)43(53(8,48)49)38(39)52-30-15-14-24(16-27(30)39)17-28(41-36(47)33(45)21(4)5)35(46)42-32(20(2)3)23(7)51-34/h10-16,19-22,28,32-33,38,44-45H,7,9,17-18H2,1-6,8H3,(H,41,47)(H,42,46). The minimum atomic E-state index is -3.98. The molecule has 284 valence electrons. The Labute approximate surface area is 310 Å². The van der Waals surface area contributed by atoms with Crippen molar-refractivity contribution < 1.29 is 42.1 Å². The lowest BCUT2D eigenvalue weighted by molar-refractivity contribution is -0.135. The highest BCUT2D eigenvalue weighted by atomic mass is 32.2. The third-order valence-corrected chi connectivity index (χ3v) is 11.5. The van der Waals surface area contributed by atoms with Crippen molar-refractivity contribution in [2.24, 2.45) is 17.8 Å². The van der Waals surface area contributed by atoms with Gasteiger partial charge >= 0.3 is 0 Å². The van der Waals surface area contributed by atoms with E-state index in [1.807, 2.05) is 45.9 Å². The molecule has 0 radical (unpaired) electrons. The maximum Gasteiger partial charge on any atom is 0.249 e. The lowest BCUT2D eigenvalue weighted by Gasteiger charge is -2.37. The number of sulfonamides is 1. The number of amides is 2. The summed E-state index contributed by atoms with van der Waals surface area (Å²) in [5.41, 5.74) is 1.48. The molecule has 13 nitrogen and oxygen atoms in total. The summed E-state index contributed by atoms with van der Waals surface area (Å²) in [5.74, 6) is -1.20. The van der Waals surface area contributed by atoms with Gasteiger partial charge in [0.15, 0.2) is 0 Å². The molecule has 3 aliphatic heterocycles. The summed E-state index contributed by atoms with van der Waals surface area (Å²) >= 11 is 0. The molecule has 3 aliphatic rings. The van der Waals surface area contributed by atoms with Crippen LogP contribution in [-0.4, -0.2) is 66.1 Å². The summed E-state index contributed by atoms with van der Waals surface area (Å²) < 4.78 is 48.7. The molecule has 2 amide bonds. The molecule has 6 atom stereocenters. The van der Waals surface area contributed by atoms with E-state index in [0.29, 0.717) is 45.8 Å². The van der Waals surface area contributed by atoms with Crippen LogP contribution in [0.3, 0.4) is 0 Å². The SMILES string of the molecule is C=C1OC(=C(c2nc(CO)co2)C(C)CC)C23c4cc(ccc4OC2N(S(C)(=O)=O)c2ccccc23)CC(NC(=O)C(O)C(C)C)C(=O)NC1C(C)C. The number of allylic oxidation sites excluding steroid dienone is 1. The maximum absolute atomic E-state index is 14.1. The van der Waals surface area contributed by atoms with E-state index in [-0.39, 0.29) is 42.3 Å². The molecule has 0 saturated carbocycles. The van der Waals surface area contributed by atoms with Crippen LogP contribution in [0.15, 0.2) is 71.2 Å². The van der Waals surface area contributed by atoms with Gasteiger partial charge in [0, 0.05) is 17.5 Å². The first-order chi connectivity index (χ1) is 25.0. The Morgan fingerprint density at radius 2 is 1.87 bits per heavy atom. The molecule has 0 fully saturated rings. The van der Waals surface area contributed by atoms with Crippen molar-refractivity contribution in [3.05, 3.63) is 95.1 Å².